The Morgan fingerprint density at radius 2 is 2.00 bits per heavy atom. The lowest BCUT2D eigenvalue weighted by molar-refractivity contribution is 0.198. The van der Waals surface area contributed by atoms with Gasteiger partial charge in [-0.1, -0.05) is 25.0 Å². The number of benzene rings is 1. The highest BCUT2D eigenvalue weighted by atomic mass is 16.2. The fourth-order valence-corrected chi connectivity index (χ4v) is 3.27. The lowest BCUT2D eigenvalue weighted by Crippen LogP contribution is -2.44. The van der Waals surface area contributed by atoms with E-state index in [1.165, 1.54) is 25.7 Å². The van der Waals surface area contributed by atoms with Gasteiger partial charge < -0.3 is 10.2 Å². The molecule has 1 heterocycles. The van der Waals surface area contributed by atoms with E-state index in [2.05, 4.69) is 22.2 Å². The van der Waals surface area contributed by atoms with E-state index < -0.39 is 0 Å². The molecule has 1 N–H and O–H groups in total. The highest BCUT2D eigenvalue weighted by Gasteiger charge is 2.23. The minimum atomic E-state index is -0.0423. The molecular formula is C18H24N4O. The number of fused-ring (bicyclic) bond motifs is 1. The topological polar surface area (TPSA) is 58.1 Å². The van der Waals surface area contributed by atoms with Gasteiger partial charge in [0.05, 0.1) is 29.5 Å². The van der Waals surface area contributed by atoms with Crippen LogP contribution in [0.1, 0.15) is 38.3 Å². The second-order valence-corrected chi connectivity index (χ2v) is 6.49. The lowest BCUT2D eigenvalue weighted by Gasteiger charge is -2.24. The van der Waals surface area contributed by atoms with Gasteiger partial charge in [0.1, 0.15) is 0 Å². The molecule has 3 rings (SSSR count). The zero-order valence-electron chi connectivity index (χ0n) is 13.8. The molecule has 1 aliphatic rings. The van der Waals surface area contributed by atoms with Gasteiger partial charge in [-0.05, 0) is 37.8 Å². The van der Waals surface area contributed by atoms with Crippen molar-refractivity contribution in [2.75, 3.05) is 7.05 Å². The normalized spacial score (nSPS) is 16.4. The summed E-state index contributed by atoms with van der Waals surface area (Å²) < 4.78 is 0. The fourth-order valence-electron chi connectivity index (χ4n) is 3.27. The molecule has 5 heteroatoms. The molecule has 2 aromatic rings. The van der Waals surface area contributed by atoms with Crippen LogP contribution >= 0.6 is 0 Å². The molecule has 1 aromatic carbocycles. The number of amides is 2. The smallest absolute Gasteiger partial charge is 0.317 e. The van der Waals surface area contributed by atoms with E-state index in [1.807, 2.05) is 24.3 Å². The Morgan fingerprint density at radius 1 is 1.30 bits per heavy atom. The Bertz CT molecular complexity index is 682. The number of hydrogen-bond donors (Lipinski definition) is 1. The SMILES string of the molecule is C[C@@H](NC(=O)N(C)Cc1cnc2ccccc2n1)C1CCCC1. The Kier molecular flexibility index (Phi) is 4.74. The van der Waals surface area contributed by atoms with Gasteiger partial charge in [-0.15, -0.1) is 0 Å². The summed E-state index contributed by atoms with van der Waals surface area (Å²) >= 11 is 0. The molecule has 0 aliphatic heterocycles. The van der Waals surface area contributed by atoms with Crippen LogP contribution in [0.5, 0.6) is 0 Å². The number of nitrogens with zero attached hydrogens (tertiary/aromatic N) is 3. The molecule has 0 spiro atoms. The van der Waals surface area contributed by atoms with Crippen LogP contribution in [-0.4, -0.2) is 34.0 Å². The van der Waals surface area contributed by atoms with Crippen molar-refractivity contribution >= 4 is 17.1 Å². The maximum absolute atomic E-state index is 12.3. The summed E-state index contributed by atoms with van der Waals surface area (Å²) in [5.74, 6) is 0.618. The number of aromatic nitrogens is 2. The first kappa shape index (κ1) is 15.7. The van der Waals surface area contributed by atoms with Crippen LogP contribution in [-0.2, 0) is 6.54 Å². The number of carbonyl (C=O) groups is 1. The van der Waals surface area contributed by atoms with Crippen LogP contribution in [0.3, 0.4) is 0 Å². The molecule has 1 aromatic heterocycles. The summed E-state index contributed by atoms with van der Waals surface area (Å²) in [7, 11) is 1.80. The Hall–Kier alpha value is -2.17. The minimum absolute atomic E-state index is 0.0423. The molecule has 23 heavy (non-hydrogen) atoms. The molecule has 1 atom stereocenters. The van der Waals surface area contributed by atoms with Gasteiger partial charge in [-0.2, -0.15) is 0 Å². The van der Waals surface area contributed by atoms with Crippen molar-refractivity contribution in [3.05, 3.63) is 36.2 Å². The van der Waals surface area contributed by atoms with Gasteiger partial charge in [0, 0.05) is 13.1 Å². The van der Waals surface area contributed by atoms with Crippen molar-refractivity contribution < 1.29 is 4.79 Å². The van der Waals surface area contributed by atoms with E-state index in [0.717, 1.165) is 16.7 Å². The van der Waals surface area contributed by atoms with Crippen LogP contribution in [0, 0.1) is 5.92 Å². The molecule has 0 bridgehead atoms. The van der Waals surface area contributed by atoms with Gasteiger partial charge in [0.25, 0.3) is 0 Å². The third kappa shape index (κ3) is 3.78. The highest BCUT2D eigenvalue weighted by molar-refractivity contribution is 5.75. The predicted molar refractivity (Wildman–Crippen MR) is 91.0 cm³/mol. The average Bonchev–Trinajstić information content (AvgIpc) is 3.09. The summed E-state index contributed by atoms with van der Waals surface area (Å²) in [6.45, 7) is 2.57. The molecule has 2 amide bonds. The van der Waals surface area contributed by atoms with Crippen LogP contribution in [0.25, 0.3) is 11.0 Å². The number of rotatable bonds is 4. The molecular weight excluding hydrogens is 288 g/mol. The monoisotopic (exact) mass is 312 g/mol. The first-order chi connectivity index (χ1) is 11.1. The maximum Gasteiger partial charge on any atom is 0.317 e. The summed E-state index contributed by atoms with van der Waals surface area (Å²) in [6, 6.07) is 7.95. The Labute approximate surface area is 137 Å². The minimum Gasteiger partial charge on any atom is -0.335 e. The first-order valence-corrected chi connectivity index (χ1v) is 8.36. The van der Waals surface area contributed by atoms with Crippen molar-refractivity contribution in [2.24, 2.45) is 5.92 Å². The van der Waals surface area contributed by atoms with Gasteiger partial charge >= 0.3 is 6.03 Å². The van der Waals surface area contributed by atoms with E-state index >= 15 is 0 Å². The van der Waals surface area contributed by atoms with Crippen molar-refractivity contribution in [1.29, 1.82) is 0 Å². The number of nitrogens with one attached hydrogen (secondary N) is 1. The third-order valence-corrected chi connectivity index (χ3v) is 4.70. The van der Waals surface area contributed by atoms with Crippen LogP contribution in [0.15, 0.2) is 30.5 Å². The lowest BCUT2D eigenvalue weighted by atomic mass is 10.0. The van der Waals surface area contributed by atoms with Gasteiger partial charge in [0.2, 0.25) is 0 Å². The molecule has 1 saturated carbocycles. The van der Waals surface area contributed by atoms with Crippen LogP contribution < -0.4 is 5.32 Å². The quantitative estimate of drug-likeness (QED) is 0.942. The van der Waals surface area contributed by atoms with Gasteiger partial charge in [0.15, 0.2) is 0 Å². The second kappa shape index (κ2) is 6.94. The van der Waals surface area contributed by atoms with E-state index in [0.29, 0.717) is 12.5 Å². The van der Waals surface area contributed by atoms with E-state index in [9.17, 15) is 4.79 Å². The zero-order chi connectivity index (χ0) is 16.2. The Balaban J connectivity index is 1.60. The van der Waals surface area contributed by atoms with Gasteiger partial charge in [-0.3, -0.25) is 4.98 Å². The number of hydrogen-bond acceptors (Lipinski definition) is 3. The van der Waals surface area contributed by atoms with Crippen molar-refractivity contribution in [2.45, 2.75) is 45.2 Å². The molecule has 0 unspecified atom stereocenters. The molecule has 122 valence electrons. The molecule has 1 aliphatic carbocycles. The van der Waals surface area contributed by atoms with Gasteiger partial charge in [-0.25, -0.2) is 9.78 Å². The predicted octanol–water partition coefficient (Wildman–Crippen LogP) is 3.35. The standard InChI is InChI=1S/C18H24N4O/c1-13(14-7-3-4-8-14)20-18(23)22(2)12-15-11-19-16-9-5-6-10-17(16)21-15/h5-6,9-11,13-14H,3-4,7-8,12H2,1-2H3,(H,20,23)/t13-/m1/s1. The molecule has 0 saturated heterocycles. The third-order valence-electron chi connectivity index (χ3n) is 4.70. The largest absolute Gasteiger partial charge is 0.335 e. The zero-order valence-corrected chi connectivity index (χ0v) is 13.8. The van der Waals surface area contributed by atoms with Crippen molar-refractivity contribution in [1.82, 2.24) is 20.2 Å². The van der Waals surface area contributed by atoms with Crippen LogP contribution in [0.2, 0.25) is 0 Å². The second-order valence-electron chi connectivity index (χ2n) is 6.49. The summed E-state index contributed by atoms with van der Waals surface area (Å²) in [6.07, 6.45) is 6.76. The number of para-hydroxylation sites is 2. The fraction of sp³-hybridized carbons (Fsp3) is 0.500. The summed E-state index contributed by atoms with van der Waals surface area (Å²) in [5, 5.41) is 3.12. The average molecular weight is 312 g/mol. The number of urea groups is 1. The Morgan fingerprint density at radius 3 is 2.74 bits per heavy atom. The number of carbonyl (C=O) groups excluding carboxylic acids is 1. The van der Waals surface area contributed by atoms with Crippen LogP contribution in [0.4, 0.5) is 4.79 Å². The summed E-state index contributed by atoms with van der Waals surface area (Å²) in [4.78, 5) is 23.0. The van der Waals surface area contributed by atoms with E-state index in [1.54, 1.807) is 18.1 Å². The first-order valence-electron chi connectivity index (χ1n) is 8.36. The molecule has 5 nitrogen and oxygen atoms in total. The molecule has 1 fully saturated rings. The maximum atomic E-state index is 12.3. The van der Waals surface area contributed by atoms with Crippen molar-refractivity contribution in [3.8, 4) is 0 Å². The van der Waals surface area contributed by atoms with Crippen molar-refractivity contribution in [3.63, 3.8) is 0 Å². The summed E-state index contributed by atoms with van der Waals surface area (Å²) in [5.41, 5.74) is 2.53. The van der Waals surface area contributed by atoms with E-state index in [-0.39, 0.29) is 12.1 Å². The highest BCUT2D eigenvalue weighted by Crippen LogP contribution is 2.27. The molecule has 0 radical (unpaired) electrons. The van der Waals surface area contributed by atoms with E-state index in [4.69, 9.17) is 0 Å².